The third kappa shape index (κ3) is 5.04. The number of benzene rings is 1. The number of hydrogen-bond donors (Lipinski definition) is 2. The molecule has 23 heavy (non-hydrogen) atoms. The van der Waals surface area contributed by atoms with Crippen LogP contribution >= 0.6 is 0 Å². The number of nitrogens with one attached hydrogen (secondary N) is 2. The molecule has 0 bridgehead atoms. The van der Waals surface area contributed by atoms with Gasteiger partial charge in [0, 0.05) is 6.54 Å². The molecular formula is C16H21F3N2O2. The van der Waals surface area contributed by atoms with Gasteiger partial charge in [0.1, 0.15) is 11.8 Å². The Kier molecular flexibility index (Phi) is 5.74. The molecule has 1 aromatic rings. The number of carbonyl (C=O) groups is 1. The van der Waals surface area contributed by atoms with E-state index in [-0.39, 0.29) is 6.54 Å². The van der Waals surface area contributed by atoms with Crippen LogP contribution in [0.15, 0.2) is 24.3 Å². The molecule has 7 heteroatoms. The summed E-state index contributed by atoms with van der Waals surface area (Å²) in [5.74, 6) is 0.0985. The maximum absolute atomic E-state index is 13.1. The highest BCUT2D eigenvalue weighted by atomic mass is 19.4. The van der Waals surface area contributed by atoms with E-state index in [0.717, 1.165) is 18.4 Å². The Morgan fingerprint density at radius 3 is 2.65 bits per heavy atom. The summed E-state index contributed by atoms with van der Waals surface area (Å²) in [7, 11) is 1.52. The van der Waals surface area contributed by atoms with E-state index in [9.17, 15) is 18.0 Å². The summed E-state index contributed by atoms with van der Waals surface area (Å²) in [6.07, 6.45) is -1.86. The van der Waals surface area contributed by atoms with Gasteiger partial charge in [-0.05, 0) is 36.5 Å². The number of ether oxygens (including phenoxy) is 1. The molecular weight excluding hydrogens is 309 g/mol. The van der Waals surface area contributed by atoms with Crippen molar-refractivity contribution in [1.29, 1.82) is 0 Å². The van der Waals surface area contributed by atoms with Gasteiger partial charge in [-0.1, -0.05) is 25.0 Å². The van der Waals surface area contributed by atoms with E-state index >= 15 is 0 Å². The largest absolute Gasteiger partial charge is 0.497 e. The van der Waals surface area contributed by atoms with Gasteiger partial charge in [-0.3, -0.25) is 0 Å². The van der Waals surface area contributed by atoms with Crippen molar-refractivity contribution in [2.24, 2.45) is 5.92 Å². The van der Waals surface area contributed by atoms with Crippen molar-refractivity contribution >= 4 is 6.03 Å². The van der Waals surface area contributed by atoms with Crippen LogP contribution < -0.4 is 15.4 Å². The molecule has 0 radical (unpaired) electrons. The zero-order chi connectivity index (χ0) is 16.9. The van der Waals surface area contributed by atoms with E-state index in [4.69, 9.17) is 4.74 Å². The molecule has 1 fully saturated rings. The highest BCUT2D eigenvalue weighted by Gasteiger charge is 2.46. The fourth-order valence-electron chi connectivity index (χ4n) is 2.91. The van der Waals surface area contributed by atoms with Crippen LogP contribution in [-0.2, 0) is 6.54 Å². The standard InChI is InChI=1S/C16H21F3N2O2/c1-23-13-8-4-5-11(9-13)10-20-15(22)21-14(16(17,18)19)12-6-2-3-7-12/h4-5,8-9,12,14H,2-3,6-7,10H2,1H3,(H2,20,21,22)/t14-/m0/s1. The minimum atomic E-state index is -4.43. The van der Waals surface area contributed by atoms with Crippen molar-refractivity contribution in [2.75, 3.05) is 7.11 Å². The van der Waals surface area contributed by atoms with Gasteiger partial charge in [0.15, 0.2) is 0 Å². The number of methoxy groups -OCH3 is 1. The van der Waals surface area contributed by atoms with Crippen LogP contribution in [0.3, 0.4) is 0 Å². The molecule has 128 valence electrons. The Balaban J connectivity index is 1.91. The first-order valence-corrected chi connectivity index (χ1v) is 7.64. The normalized spacial score (nSPS) is 16.9. The lowest BCUT2D eigenvalue weighted by molar-refractivity contribution is -0.164. The van der Waals surface area contributed by atoms with E-state index in [1.807, 2.05) is 0 Å². The van der Waals surface area contributed by atoms with E-state index in [1.54, 1.807) is 24.3 Å². The molecule has 0 spiro atoms. The molecule has 1 aliphatic rings. The monoisotopic (exact) mass is 330 g/mol. The zero-order valence-electron chi connectivity index (χ0n) is 13.0. The average molecular weight is 330 g/mol. The second-order valence-corrected chi connectivity index (χ2v) is 5.74. The van der Waals surface area contributed by atoms with Crippen LogP contribution in [0.4, 0.5) is 18.0 Å². The molecule has 4 nitrogen and oxygen atoms in total. The number of urea groups is 1. The van der Waals surface area contributed by atoms with Crippen molar-refractivity contribution in [3.8, 4) is 5.75 Å². The lowest BCUT2D eigenvalue weighted by Gasteiger charge is -2.27. The molecule has 2 rings (SSSR count). The summed E-state index contributed by atoms with van der Waals surface area (Å²) in [5.41, 5.74) is 0.754. The Hall–Kier alpha value is -1.92. The first-order valence-electron chi connectivity index (χ1n) is 7.64. The molecule has 0 saturated heterocycles. The third-order valence-electron chi connectivity index (χ3n) is 4.10. The molecule has 1 saturated carbocycles. The number of alkyl halides is 3. The van der Waals surface area contributed by atoms with Crippen LogP contribution in [0.25, 0.3) is 0 Å². The SMILES string of the molecule is COc1cccc(CNC(=O)N[C@@H](C2CCCC2)C(F)(F)F)c1. The smallest absolute Gasteiger partial charge is 0.408 e. The molecule has 0 aromatic heterocycles. The van der Waals surface area contributed by atoms with Crippen molar-refractivity contribution in [2.45, 2.75) is 44.4 Å². The first-order chi connectivity index (χ1) is 10.9. The van der Waals surface area contributed by atoms with Gasteiger partial charge in [-0.25, -0.2) is 4.79 Å². The zero-order valence-corrected chi connectivity index (χ0v) is 13.0. The second-order valence-electron chi connectivity index (χ2n) is 5.74. The summed E-state index contributed by atoms with van der Waals surface area (Å²) in [6.45, 7) is 0.137. The van der Waals surface area contributed by atoms with Gasteiger partial charge in [-0.2, -0.15) is 13.2 Å². The van der Waals surface area contributed by atoms with Crippen LogP contribution in [0.5, 0.6) is 5.75 Å². The van der Waals surface area contributed by atoms with Gasteiger partial charge in [0.25, 0.3) is 0 Å². The van der Waals surface area contributed by atoms with Gasteiger partial charge in [0.05, 0.1) is 7.11 Å². The van der Waals surface area contributed by atoms with Crippen molar-refractivity contribution in [1.82, 2.24) is 10.6 Å². The maximum atomic E-state index is 13.1. The highest BCUT2D eigenvalue weighted by molar-refractivity contribution is 5.74. The van der Waals surface area contributed by atoms with E-state index < -0.39 is 24.2 Å². The lowest BCUT2D eigenvalue weighted by Crippen LogP contribution is -2.52. The molecule has 0 aliphatic heterocycles. The Bertz CT molecular complexity index is 528. The number of amides is 2. The van der Waals surface area contributed by atoms with Gasteiger partial charge >= 0.3 is 12.2 Å². The minimum Gasteiger partial charge on any atom is -0.497 e. The Morgan fingerprint density at radius 1 is 1.35 bits per heavy atom. The predicted octanol–water partition coefficient (Wildman–Crippen LogP) is 3.62. The van der Waals surface area contributed by atoms with Crippen LogP contribution in [0.2, 0.25) is 0 Å². The van der Waals surface area contributed by atoms with Gasteiger partial charge in [0.2, 0.25) is 0 Å². The molecule has 1 aliphatic carbocycles. The Labute approximate surface area is 133 Å². The summed E-state index contributed by atoms with van der Waals surface area (Å²) >= 11 is 0. The first kappa shape index (κ1) is 17.4. The number of carbonyl (C=O) groups excluding carboxylic acids is 1. The van der Waals surface area contributed by atoms with Gasteiger partial charge < -0.3 is 15.4 Å². The minimum absolute atomic E-state index is 0.137. The number of halogens is 3. The van der Waals surface area contributed by atoms with Gasteiger partial charge in [-0.15, -0.1) is 0 Å². The molecule has 1 atom stereocenters. The fourth-order valence-corrected chi connectivity index (χ4v) is 2.91. The van der Waals surface area contributed by atoms with Crippen LogP contribution in [0.1, 0.15) is 31.2 Å². The van der Waals surface area contributed by atoms with Crippen molar-refractivity contribution in [3.05, 3.63) is 29.8 Å². The Morgan fingerprint density at radius 2 is 2.04 bits per heavy atom. The molecule has 0 heterocycles. The van der Waals surface area contributed by atoms with Crippen molar-refractivity contribution in [3.63, 3.8) is 0 Å². The fraction of sp³-hybridized carbons (Fsp3) is 0.562. The number of hydrogen-bond acceptors (Lipinski definition) is 2. The van der Waals surface area contributed by atoms with E-state index in [1.165, 1.54) is 7.11 Å². The summed E-state index contributed by atoms with van der Waals surface area (Å²) in [6, 6.07) is 4.41. The lowest BCUT2D eigenvalue weighted by atomic mass is 9.98. The van der Waals surface area contributed by atoms with Crippen molar-refractivity contribution < 1.29 is 22.7 Å². The average Bonchev–Trinajstić information content (AvgIpc) is 3.03. The molecule has 1 aromatic carbocycles. The topological polar surface area (TPSA) is 50.4 Å². The predicted molar refractivity (Wildman–Crippen MR) is 80.2 cm³/mol. The second kappa shape index (κ2) is 7.57. The summed E-state index contributed by atoms with van der Waals surface area (Å²) in [5, 5.41) is 4.56. The third-order valence-corrected chi connectivity index (χ3v) is 4.10. The molecule has 0 unspecified atom stereocenters. The molecule has 2 N–H and O–H groups in total. The maximum Gasteiger partial charge on any atom is 0.408 e. The summed E-state index contributed by atoms with van der Waals surface area (Å²) < 4.78 is 44.5. The summed E-state index contributed by atoms with van der Waals surface area (Å²) in [4.78, 5) is 11.8. The van der Waals surface area contributed by atoms with E-state index in [2.05, 4.69) is 10.6 Å². The quantitative estimate of drug-likeness (QED) is 0.866. The van der Waals surface area contributed by atoms with Crippen LogP contribution in [-0.4, -0.2) is 25.4 Å². The molecule has 2 amide bonds. The van der Waals surface area contributed by atoms with E-state index in [0.29, 0.717) is 18.6 Å². The van der Waals surface area contributed by atoms with Crippen LogP contribution in [0, 0.1) is 5.92 Å². The number of rotatable bonds is 5. The highest BCUT2D eigenvalue weighted by Crippen LogP contribution is 2.35.